The maximum Gasteiger partial charge on any atom is 0.263 e. The zero-order chi connectivity index (χ0) is 19.9. The van der Waals surface area contributed by atoms with Crippen molar-refractivity contribution in [1.29, 1.82) is 0 Å². The summed E-state index contributed by atoms with van der Waals surface area (Å²) in [5, 5.41) is 3.22. The smallest absolute Gasteiger partial charge is 0.263 e. The van der Waals surface area contributed by atoms with Crippen LogP contribution in [0.4, 0.5) is 5.69 Å². The second-order valence-corrected chi connectivity index (χ2v) is 8.06. The van der Waals surface area contributed by atoms with Crippen LogP contribution in [0.15, 0.2) is 47.4 Å². The van der Waals surface area contributed by atoms with E-state index in [0.717, 1.165) is 0 Å². The molecule has 2 aromatic carbocycles. The van der Waals surface area contributed by atoms with Gasteiger partial charge in [0.25, 0.3) is 15.9 Å². The number of sulfonamides is 1. The molecule has 0 aromatic heterocycles. The Kier molecular flexibility index (Phi) is 7.91. The minimum atomic E-state index is -3.97. The Morgan fingerprint density at radius 2 is 1.81 bits per heavy atom. The van der Waals surface area contributed by atoms with Gasteiger partial charge in [0.15, 0.2) is 0 Å². The van der Waals surface area contributed by atoms with E-state index in [1.54, 1.807) is 12.1 Å². The first-order chi connectivity index (χ1) is 12.8. The molecular weight excluding hydrogens is 411 g/mol. The lowest BCUT2D eigenvalue weighted by Gasteiger charge is -2.11. The predicted molar refractivity (Wildman–Crippen MR) is 107 cm³/mol. The van der Waals surface area contributed by atoms with E-state index in [4.69, 9.17) is 27.9 Å². The number of hydrogen-bond acceptors (Lipinski definition) is 4. The molecule has 9 heteroatoms. The van der Waals surface area contributed by atoms with Gasteiger partial charge in [-0.25, -0.2) is 8.42 Å². The second kappa shape index (κ2) is 9.94. The Labute approximate surface area is 168 Å². The van der Waals surface area contributed by atoms with E-state index >= 15 is 0 Å². The molecule has 2 aromatic rings. The highest BCUT2D eigenvalue weighted by Gasteiger charge is 2.20. The SMILES string of the molecule is CCOCCCNC(=O)c1ccc(Cl)c(S(=O)(=O)Nc2ccc(Cl)cc2)c1. The molecule has 6 nitrogen and oxygen atoms in total. The van der Waals surface area contributed by atoms with Gasteiger partial charge in [0, 0.05) is 36.0 Å². The zero-order valence-corrected chi connectivity index (χ0v) is 17.0. The third-order valence-electron chi connectivity index (χ3n) is 3.53. The molecule has 0 fully saturated rings. The summed E-state index contributed by atoms with van der Waals surface area (Å²) in [5.74, 6) is -0.383. The summed E-state index contributed by atoms with van der Waals surface area (Å²) < 4.78 is 32.9. The van der Waals surface area contributed by atoms with Crippen molar-refractivity contribution < 1.29 is 17.9 Å². The van der Waals surface area contributed by atoms with Crippen LogP contribution in [0.1, 0.15) is 23.7 Å². The summed E-state index contributed by atoms with van der Waals surface area (Å²) in [6.45, 7) is 3.48. The number of halogens is 2. The van der Waals surface area contributed by atoms with Crippen molar-refractivity contribution in [3.63, 3.8) is 0 Å². The van der Waals surface area contributed by atoms with Crippen LogP contribution >= 0.6 is 23.2 Å². The monoisotopic (exact) mass is 430 g/mol. The van der Waals surface area contributed by atoms with E-state index in [-0.39, 0.29) is 21.4 Å². The summed E-state index contributed by atoms with van der Waals surface area (Å²) in [5.41, 5.74) is 0.536. The van der Waals surface area contributed by atoms with Gasteiger partial charge in [0.2, 0.25) is 0 Å². The third-order valence-corrected chi connectivity index (χ3v) is 5.65. The summed E-state index contributed by atoms with van der Waals surface area (Å²) in [4.78, 5) is 12.1. The molecule has 0 atom stereocenters. The van der Waals surface area contributed by atoms with Gasteiger partial charge >= 0.3 is 0 Å². The number of hydrogen-bond donors (Lipinski definition) is 2. The Balaban J connectivity index is 2.13. The Morgan fingerprint density at radius 3 is 2.48 bits per heavy atom. The fourth-order valence-corrected chi connectivity index (χ4v) is 3.91. The van der Waals surface area contributed by atoms with Crippen LogP contribution in [-0.2, 0) is 14.8 Å². The molecule has 0 saturated carbocycles. The highest BCUT2D eigenvalue weighted by molar-refractivity contribution is 7.92. The number of carbonyl (C=O) groups is 1. The normalized spacial score (nSPS) is 11.2. The van der Waals surface area contributed by atoms with E-state index in [1.165, 1.54) is 30.3 Å². The molecule has 1 amide bonds. The van der Waals surface area contributed by atoms with Gasteiger partial charge in [-0.05, 0) is 55.8 Å². The summed E-state index contributed by atoms with van der Waals surface area (Å²) in [7, 11) is -3.97. The molecule has 0 unspecified atom stereocenters. The maximum atomic E-state index is 12.6. The Morgan fingerprint density at radius 1 is 1.11 bits per heavy atom. The minimum absolute atomic E-state index is 0.0179. The van der Waals surface area contributed by atoms with Gasteiger partial charge in [-0.15, -0.1) is 0 Å². The molecule has 0 aliphatic rings. The van der Waals surface area contributed by atoms with Crippen molar-refractivity contribution in [1.82, 2.24) is 5.32 Å². The van der Waals surface area contributed by atoms with Crippen molar-refractivity contribution in [2.45, 2.75) is 18.2 Å². The number of benzene rings is 2. The fraction of sp³-hybridized carbons (Fsp3) is 0.278. The van der Waals surface area contributed by atoms with Gasteiger partial charge in [-0.3, -0.25) is 9.52 Å². The zero-order valence-electron chi connectivity index (χ0n) is 14.7. The van der Waals surface area contributed by atoms with Crippen LogP contribution in [0.2, 0.25) is 10.0 Å². The van der Waals surface area contributed by atoms with E-state index < -0.39 is 10.0 Å². The van der Waals surface area contributed by atoms with E-state index in [9.17, 15) is 13.2 Å². The number of anilines is 1. The number of nitrogens with one attached hydrogen (secondary N) is 2. The van der Waals surface area contributed by atoms with Crippen LogP contribution in [0.25, 0.3) is 0 Å². The lowest BCUT2D eigenvalue weighted by molar-refractivity contribution is 0.0944. The lowest BCUT2D eigenvalue weighted by atomic mass is 10.2. The van der Waals surface area contributed by atoms with Crippen molar-refractivity contribution in [3.05, 3.63) is 58.1 Å². The number of amides is 1. The molecule has 0 bridgehead atoms. The van der Waals surface area contributed by atoms with Crippen molar-refractivity contribution in [2.75, 3.05) is 24.5 Å². The average Bonchev–Trinajstić information content (AvgIpc) is 2.63. The molecule has 146 valence electrons. The summed E-state index contributed by atoms with van der Waals surface area (Å²) >= 11 is 11.8. The minimum Gasteiger partial charge on any atom is -0.382 e. The van der Waals surface area contributed by atoms with Crippen LogP contribution in [-0.4, -0.2) is 34.1 Å². The van der Waals surface area contributed by atoms with Gasteiger partial charge in [-0.2, -0.15) is 0 Å². The standard InChI is InChI=1S/C18H20Cl2N2O4S/c1-2-26-11-3-10-21-18(23)13-4-9-16(20)17(12-13)27(24,25)22-15-7-5-14(19)6-8-15/h4-9,12,22H,2-3,10-11H2,1H3,(H,21,23). The molecule has 0 aliphatic heterocycles. The number of rotatable bonds is 9. The highest BCUT2D eigenvalue weighted by atomic mass is 35.5. The number of ether oxygens (including phenoxy) is 1. The Bertz CT molecular complexity index is 887. The fourth-order valence-electron chi connectivity index (χ4n) is 2.20. The lowest BCUT2D eigenvalue weighted by Crippen LogP contribution is -2.25. The van der Waals surface area contributed by atoms with Gasteiger partial charge in [0.05, 0.1) is 5.02 Å². The maximum absolute atomic E-state index is 12.6. The van der Waals surface area contributed by atoms with Crippen LogP contribution in [0, 0.1) is 0 Å². The Hall–Kier alpha value is -1.80. The molecule has 0 saturated heterocycles. The van der Waals surface area contributed by atoms with Crippen molar-refractivity contribution in [2.24, 2.45) is 0 Å². The molecule has 0 radical (unpaired) electrons. The van der Waals surface area contributed by atoms with Crippen molar-refractivity contribution in [3.8, 4) is 0 Å². The predicted octanol–water partition coefficient (Wildman–Crippen LogP) is 3.95. The molecule has 27 heavy (non-hydrogen) atoms. The number of carbonyl (C=O) groups excluding carboxylic acids is 1. The second-order valence-electron chi connectivity index (χ2n) is 5.56. The van der Waals surface area contributed by atoms with Crippen molar-refractivity contribution >= 4 is 44.8 Å². The molecule has 0 aliphatic carbocycles. The first-order valence-corrected chi connectivity index (χ1v) is 10.5. The first kappa shape index (κ1) is 21.5. The highest BCUT2D eigenvalue weighted by Crippen LogP contribution is 2.25. The topological polar surface area (TPSA) is 84.5 Å². The molecule has 0 heterocycles. The third kappa shape index (κ3) is 6.39. The van der Waals surface area contributed by atoms with Crippen LogP contribution in [0.5, 0.6) is 0 Å². The molecule has 2 N–H and O–H groups in total. The van der Waals surface area contributed by atoms with E-state index in [0.29, 0.717) is 36.9 Å². The molecule has 0 spiro atoms. The van der Waals surface area contributed by atoms with E-state index in [2.05, 4.69) is 10.0 Å². The van der Waals surface area contributed by atoms with Crippen LogP contribution < -0.4 is 10.0 Å². The largest absolute Gasteiger partial charge is 0.382 e. The molecule has 2 rings (SSSR count). The van der Waals surface area contributed by atoms with Crippen LogP contribution in [0.3, 0.4) is 0 Å². The summed E-state index contributed by atoms with van der Waals surface area (Å²) in [6.07, 6.45) is 0.663. The quantitative estimate of drug-likeness (QED) is 0.589. The van der Waals surface area contributed by atoms with Gasteiger partial charge in [-0.1, -0.05) is 23.2 Å². The molecular formula is C18H20Cl2N2O4S. The van der Waals surface area contributed by atoms with Gasteiger partial charge in [0.1, 0.15) is 4.90 Å². The van der Waals surface area contributed by atoms with E-state index in [1.807, 2.05) is 6.92 Å². The van der Waals surface area contributed by atoms with Gasteiger partial charge < -0.3 is 10.1 Å². The average molecular weight is 431 g/mol. The summed E-state index contributed by atoms with van der Waals surface area (Å²) in [6, 6.07) is 10.3. The first-order valence-electron chi connectivity index (χ1n) is 8.27.